The molecule has 33 heavy (non-hydrogen) atoms. The summed E-state index contributed by atoms with van der Waals surface area (Å²) >= 11 is 0. The Bertz CT molecular complexity index is 1080. The minimum absolute atomic E-state index is 0.00275. The quantitative estimate of drug-likeness (QED) is 0.370. The second-order valence-electron chi connectivity index (χ2n) is 6.52. The lowest BCUT2D eigenvalue weighted by atomic mass is 10.1. The zero-order valence-corrected chi connectivity index (χ0v) is 17.7. The first-order chi connectivity index (χ1) is 15.9. The number of rotatable bonds is 8. The summed E-state index contributed by atoms with van der Waals surface area (Å²) in [6.07, 6.45) is 0. The van der Waals surface area contributed by atoms with Crippen LogP contribution in [-0.2, 0) is 0 Å². The summed E-state index contributed by atoms with van der Waals surface area (Å²) in [5.74, 6) is -5.06. The molecular weight excluding hydrogens is 441 g/mol. The standard InChI is InChI=1S/C23H19F3N2O5/c1-31-16-7-3-14(4-8-16)22(29)28(23(30)15-5-9-17(32-2)10-6-15)21-18(25)13-19(20(26)27-21)33-12-11-24/h3-10,13H,11-12H2,1-2H3. The van der Waals surface area contributed by atoms with E-state index in [1.807, 2.05) is 0 Å². The van der Waals surface area contributed by atoms with Crippen LogP contribution in [0.4, 0.5) is 19.0 Å². The summed E-state index contributed by atoms with van der Waals surface area (Å²) < 4.78 is 56.5. The highest BCUT2D eigenvalue weighted by atomic mass is 19.1. The molecule has 0 atom stereocenters. The molecule has 3 rings (SSSR count). The highest BCUT2D eigenvalue weighted by Gasteiger charge is 2.31. The third-order valence-corrected chi connectivity index (χ3v) is 4.51. The Morgan fingerprint density at radius 2 is 1.36 bits per heavy atom. The molecule has 0 N–H and O–H groups in total. The van der Waals surface area contributed by atoms with Gasteiger partial charge >= 0.3 is 0 Å². The maximum atomic E-state index is 14.9. The lowest BCUT2D eigenvalue weighted by Gasteiger charge is -2.21. The first kappa shape index (κ1) is 23.6. The number of methoxy groups -OCH3 is 2. The maximum Gasteiger partial charge on any atom is 0.266 e. The molecule has 0 unspecified atom stereocenters. The smallest absolute Gasteiger partial charge is 0.266 e. The summed E-state index contributed by atoms with van der Waals surface area (Å²) in [5.41, 5.74) is -0.00551. The summed E-state index contributed by atoms with van der Waals surface area (Å²) in [7, 11) is 2.87. The van der Waals surface area contributed by atoms with E-state index in [9.17, 15) is 22.8 Å². The van der Waals surface area contributed by atoms with Crippen LogP contribution in [0.15, 0.2) is 54.6 Å². The van der Waals surface area contributed by atoms with Crippen LogP contribution in [0.25, 0.3) is 0 Å². The van der Waals surface area contributed by atoms with Crippen LogP contribution in [0.3, 0.4) is 0 Å². The molecular formula is C23H19F3N2O5. The molecule has 10 heteroatoms. The number of carbonyl (C=O) groups is 2. The third-order valence-electron chi connectivity index (χ3n) is 4.51. The molecule has 0 saturated carbocycles. The number of benzene rings is 2. The average Bonchev–Trinajstić information content (AvgIpc) is 2.85. The molecule has 0 bridgehead atoms. The molecule has 0 aliphatic heterocycles. The lowest BCUT2D eigenvalue weighted by Crippen LogP contribution is -2.38. The zero-order chi connectivity index (χ0) is 24.0. The van der Waals surface area contributed by atoms with Crippen LogP contribution in [0.1, 0.15) is 20.7 Å². The van der Waals surface area contributed by atoms with E-state index in [1.54, 1.807) is 0 Å². The molecule has 2 aromatic carbocycles. The van der Waals surface area contributed by atoms with Gasteiger partial charge in [0.1, 0.15) is 24.8 Å². The Kier molecular flexibility index (Phi) is 7.50. The van der Waals surface area contributed by atoms with Gasteiger partial charge in [0.05, 0.1) is 14.2 Å². The van der Waals surface area contributed by atoms with E-state index in [2.05, 4.69) is 4.98 Å². The maximum absolute atomic E-state index is 14.9. The highest BCUT2D eigenvalue weighted by Crippen LogP contribution is 2.28. The number of hydrogen-bond acceptors (Lipinski definition) is 6. The van der Waals surface area contributed by atoms with Gasteiger partial charge in [-0.05, 0) is 48.5 Å². The average molecular weight is 460 g/mol. The van der Waals surface area contributed by atoms with Crippen molar-refractivity contribution in [1.82, 2.24) is 4.98 Å². The topological polar surface area (TPSA) is 78.0 Å². The molecule has 0 aliphatic carbocycles. The number of nitrogens with zero attached hydrogens (tertiary/aromatic N) is 2. The van der Waals surface area contributed by atoms with Gasteiger partial charge in [-0.25, -0.2) is 13.7 Å². The second kappa shape index (κ2) is 10.5. The number of amides is 2. The summed E-state index contributed by atoms with van der Waals surface area (Å²) in [6, 6.07) is 11.9. The minimum atomic E-state index is -1.31. The van der Waals surface area contributed by atoms with Crippen molar-refractivity contribution in [3.05, 3.63) is 77.5 Å². The SMILES string of the molecule is COc1ccc(C(=O)N(C(=O)c2ccc(OC)cc2)c2nc(F)c(OCCF)cc2F)cc1. The largest absolute Gasteiger partial charge is 0.497 e. The fourth-order valence-corrected chi connectivity index (χ4v) is 2.86. The van der Waals surface area contributed by atoms with E-state index >= 15 is 0 Å². The number of halogens is 3. The van der Waals surface area contributed by atoms with Gasteiger partial charge in [0.2, 0.25) is 0 Å². The van der Waals surface area contributed by atoms with Crippen LogP contribution < -0.4 is 19.1 Å². The van der Waals surface area contributed by atoms with E-state index < -0.39 is 48.4 Å². The van der Waals surface area contributed by atoms with Crippen molar-refractivity contribution in [2.75, 3.05) is 32.4 Å². The van der Waals surface area contributed by atoms with E-state index in [0.29, 0.717) is 22.5 Å². The third kappa shape index (κ3) is 5.22. The summed E-state index contributed by atoms with van der Waals surface area (Å²) in [6.45, 7) is -1.45. The monoisotopic (exact) mass is 460 g/mol. The first-order valence-electron chi connectivity index (χ1n) is 9.61. The normalized spacial score (nSPS) is 10.5. The Morgan fingerprint density at radius 3 is 1.79 bits per heavy atom. The van der Waals surface area contributed by atoms with Gasteiger partial charge in [-0.2, -0.15) is 9.37 Å². The molecule has 172 valence electrons. The van der Waals surface area contributed by atoms with E-state index in [1.165, 1.54) is 62.8 Å². The predicted octanol–water partition coefficient (Wildman–Crippen LogP) is 4.21. The van der Waals surface area contributed by atoms with Crippen molar-refractivity contribution in [3.8, 4) is 17.2 Å². The van der Waals surface area contributed by atoms with Crippen molar-refractivity contribution in [3.63, 3.8) is 0 Å². The summed E-state index contributed by atoms with van der Waals surface area (Å²) in [4.78, 5) is 30.3. The first-order valence-corrected chi connectivity index (χ1v) is 9.61. The number of carbonyl (C=O) groups excluding carboxylic acids is 2. The van der Waals surface area contributed by atoms with Gasteiger partial charge in [-0.15, -0.1) is 0 Å². The molecule has 0 fully saturated rings. The van der Waals surface area contributed by atoms with Crippen LogP contribution >= 0.6 is 0 Å². The highest BCUT2D eigenvalue weighted by molar-refractivity contribution is 6.25. The van der Waals surface area contributed by atoms with Crippen LogP contribution in [0.2, 0.25) is 0 Å². The van der Waals surface area contributed by atoms with Crippen molar-refractivity contribution >= 4 is 17.6 Å². The van der Waals surface area contributed by atoms with Gasteiger partial charge in [0.15, 0.2) is 17.4 Å². The molecule has 0 spiro atoms. The number of pyridine rings is 1. The predicted molar refractivity (Wildman–Crippen MR) is 113 cm³/mol. The van der Waals surface area contributed by atoms with Crippen molar-refractivity contribution in [2.45, 2.75) is 0 Å². The van der Waals surface area contributed by atoms with Gasteiger partial charge in [-0.1, -0.05) is 0 Å². The lowest BCUT2D eigenvalue weighted by molar-refractivity contribution is 0.0894. The molecule has 3 aromatic rings. The molecule has 7 nitrogen and oxygen atoms in total. The van der Waals surface area contributed by atoms with E-state index in [4.69, 9.17) is 14.2 Å². The Morgan fingerprint density at radius 1 is 0.879 bits per heavy atom. The van der Waals surface area contributed by atoms with Crippen molar-refractivity contribution < 1.29 is 37.0 Å². The number of imide groups is 1. The Labute approximate surface area is 187 Å². The molecule has 1 aromatic heterocycles. The Hall–Kier alpha value is -4.08. The van der Waals surface area contributed by atoms with E-state index in [0.717, 1.165) is 0 Å². The molecule has 1 heterocycles. The van der Waals surface area contributed by atoms with Crippen LogP contribution in [0.5, 0.6) is 17.2 Å². The molecule has 0 radical (unpaired) electrons. The second-order valence-corrected chi connectivity index (χ2v) is 6.52. The van der Waals surface area contributed by atoms with Gasteiger partial charge in [-0.3, -0.25) is 9.59 Å². The van der Waals surface area contributed by atoms with Gasteiger partial charge in [0.25, 0.3) is 17.8 Å². The number of hydrogen-bond donors (Lipinski definition) is 0. The molecule has 2 amide bonds. The Balaban J connectivity index is 2.08. The van der Waals surface area contributed by atoms with Gasteiger partial charge in [0, 0.05) is 17.2 Å². The zero-order valence-electron chi connectivity index (χ0n) is 17.7. The van der Waals surface area contributed by atoms with Crippen molar-refractivity contribution in [2.24, 2.45) is 0 Å². The van der Waals surface area contributed by atoms with E-state index in [-0.39, 0.29) is 11.1 Å². The number of aromatic nitrogens is 1. The fourth-order valence-electron chi connectivity index (χ4n) is 2.86. The summed E-state index contributed by atoms with van der Waals surface area (Å²) in [5, 5.41) is 0. The van der Waals surface area contributed by atoms with Crippen molar-refractivity contribution in [1.29, 1.82) is 0 Å². The van der Waals surface area contributed by atoms with Crippen LogP contribution in [-0.4, -0.2) is 44.3 Å². The van der Waals surface area contributed by atoms with Gasteiger partial charge < -0.3 is 14.2 Å². The molecule has 0 saturated heterocycles. The fraction of sp³-hybridized carbons (Fsp3) is 0.174. The number of ether oxygens (including phenoxy) is 3. The number of anilines is 1. The van der Waals surface area contributed by atoms with Crippen LogP contribution in [0, 0.1) is 11.8 Å². The minimum Gasteiger partial charge on any atom is -0.497 e. The molecule has 0 aliphatic rings. The number of alkyl halides is 1.